The number of ketones is 1. The highest BCUT2D eigenvalue weighted by molar-refractivity contribution is 7.09. The minimum Gasteiger partial charge on any atom is -0.321 e. The van der Waals surface area contributed by atoms with Gasteiger partial charge >= 0.3 is 0 Å². The summed E-state index contributed by atoms with van der Waals surface area (Å²) >= 11 is 1.50. The largest absolute Gasteiger partial charge is 0.321 e. The fraction of sp³-hybridized carbons (Fsp3) is 0.600. The van der Waals surface area contributed by atoms with Crippen molar-refractivity contribution in [2.24, 2.45) is 11.7 Å². The van der Waals surface area contributed by atoms with Gasteiger partial charge in [0.15, 0.2) is 5.78 Å². The Kier molecular flexibility index (Phi) is 4.22. The van der Waals surface area contributed by atoms with Crippen molar-refractivity contribution in [3.63, 3.8) is 0 Å². The topological polar surface area (TPSA) is 56.0 Å². The number of nitrogens with zero attached hydrogens (tertiary/aromatic N) is 1. The number of carbonyl (C=O) groups is 1. The normalized spacial score (nSPS) is 15.1. The minimum atomic E-state index is -0.344. The van der Waals surface area contributed by atoms with Crippen molar-refractivity contribution in [1.29, 1.82) is 0 Å². The Morgan fingerprint density at radius 3 is 2.93 bits per heavy atom. The van der Waals surface area contributed by atoms with Gasteiger partial charge in [0.1, 0.15) is 0 Å². The number of thiazole rings is 1. The second-order valence-electron chi connectivity index (χ2n) is 3.48. The van der Waals surface area contributed by atoms with E-state index >= 15 is 0 Å². The van der Waals surface area contributed by atoms with Crippen molar-refractivity contribution in [3.05, 3.63) is 16.6 Å². The Balaban J connectivity index is 2.50. The Morgan fingerprint density at radius 1 is 1.71 bits per heavy atom. The lowest BCUT2D eigenvalue weighted by atomic mass is 9.95. The van der Waals surface area contributed by atoms with E-state index in [-0.39, 0.29) is 17.7 Å². The summed E-state index contributed by atoms with van der Waals surface area (Å²) in [5.41, 5.74) is 5.82. The van der Waals surface area contributed by atoms with E-state index in [9.17, 15) is 4.79 Å². The van der Waals surface area contributed by atoms with E-state index in [4.69, 9.17) is 5.73 Å². The molecule has 14 heavy (non-hydrogen) atoms. The van der Waals surface area contributed by atoms with Gasteiger partial charge in [0.2, 0.25) is 0 Å². The third-order valence-corrected chi connectivity index (χ3v) is 3.22. The highest BCUT2D eigenvalue weighted by Gasteiger charge is 2.19. The monoisotopic (exact) mass is 212 g/mol. The molecule has 1 rings (SSSR count). The van der Waals surface area contributed by atoms with Crippen molar-refractivity contribution in [2.75, 3.05) is 0 Å². The van der Waals surface area contributed by atoms with Gasteiger partial charge in [-0.2, -0.15) is 0 Å². The molecule has 1 aromatic rings. The van der Waals surface area contributed by atoms with E-state index < -0.39 is 0 Å². The predicted molar refractivity (Wildman–Crippen MR) is 58.3 cm³/mol. The van der Waals surface area contributed by atoms with E-state index in [1.54, 1.807) is 6.20 Å². The lowest BCUT2D eigenvalue weighted by Gasteiger charge is -2.15. The Hall–Kier alpha value is -0.740. The van der Waals surface area contributed by atoms with Crippen LogP contribution in [0, 0.1) is 5.92 Å². The quantitative estimate of drug-likeness (QED) is 0.807. The van der Waals surface area contributed by atoms with Gasteiger partial charge in [-0.05, 0) is 5.92 Å². The number of rotatable bonds is 5. The van der Waals surface area contributed by atoms with Crippen LogP contribution >= 0.6 is 11.3 Å². The molecule has 0 amide bonds. The Morgan fingerprint density at radius 2 is 2.43 bits per heavy atom. The van der Waals surface area contributed by atoms with Gasteiger partial charge in [-0.25, -0.2) is 4.98 Å². The van der Waals surface area contributed by atoms with Crippen LogP contribution in [0.1, 0.15) is 25.3 Å². The summed E-state index contributed by atoms with van der Waals surface area (Å²) in [6.07, 6.45) is 3.02. The zero-order valence-corrected chi connectivity index (χ0v) is 9.38. The van der Waals surface area contributed by atoms with Gasteiger partial charge in [-0.1, -0.05) is 20.3 Å². The fourth-order valence-electron chi connectivity index (χ4n) is 1.18. The molecule has 0 aliphatic rings. The van der Waals surface area contributed by atoms with Crippen LogP contribution in [0.25, 0.3) is 0 Å². The third-order valence-electron chi connectivity index (χ3n) is 2.44. The maximum absolute atomic E-state index is 11.7. The van der Waals surface area contributed by atoms with Crippen LogP contribution in [0.5, 0.6) is 0 Å². The molecule has 0 fully saturated rings. The first-order valence-electron chi connectivity index (χ1n) is 4.81. The number of carbonyl (C=O) groups excluding carboxylic acids is 1. The molecule has 0 bridgehead atoms. The zero-order chi connectivity index (χ0) is 10.6. The summed E-state index contributed by atoms with van der Waals surface area (Å²) in [5.74, 6) is 0.344. The molecule has 0 radical (unpaired) electrons. The van der Waals surface area contributed by atoms with E-state index in [1.165, 1.54) is 11.3 Å². The van der Waals surface area contributed by atoms with Gasteiger partial charge in [-0.3, -0.25) is 4.79 Å². The van der Waals surface area contributed by atoms with Crippen molar-refractivity contribution in [2.45, 2.75) is 32.7 Å². The molecule has 0 saturated heterocycles. The first kappa shape index (κ1) is 11.3. The standard InChI is InChI=1S/C10H16N2OS/c1-3-7(2)10(11)8(13)6-9-12-4-5-14-9/h4-5,7,10H,3,6,11H2,1-2H3. The zero-order valence-electron chi connectivity index (χ0n) is 8.56. The molecular weight excluding hydrogens is 196 g/mol. The van der Waals surface area contributed by atoms with E-state index in [1.807, 2.05) is 19.2 Å². The average Bonchev–Trinajstić information content (AvgIpc) is 2.68. The Labute approximate surface area is 88.3 Å². The van der Waals surface area contributed by atoms with Crippen molar-refractivity contribution < 1.29 is 4.79 Å². The summed E-state index contributed by atoms with van der Waals surface area (Å²) in [5, 5.41) is 2.73. The van der Waals surface area contributed by atoms with Gasteiger partial charge in [0.25, 0.3) is 0 Å². The molecule has 0 aliphatic heterocycles. The van der Waals surface area contributed by atoms with Crippen LogP contribution < -0.4 is 5.73 Å². The first-order chi connectivity index (χ1) is 6.65. The van der Waals surface area contributed by atoms with Gasteiger partial charge in [0, 0.05) is 11.6 Å². The number of nitrogens with two attached hydrogens (primary N) is 1. The highest BCUT2D eigenvalue weighted by atomic mass is 32.1. The van der Waals surface area contributed by atoms with Gasteiger partial charge in [0.05, 0.1) is 17.5 Å². The average molecular weight is 212 g/mol. The summed E-state index contributed by atoms with van der Waals surface area (Å²) in [6, 6.07) is -0.344. The van der Waals surface area contributed by atoms with E-state index in [0.29, 0.717) is 6.42 Å². The molecule has 1 aromatic heterocycles. The molecule has 78 valence electrons. The van der Waals surface area contributed by atoms with Crippen LogP contribution in [-0.4, -0.2) is 16.8 Å². The van der Waals surface area contributed by atoms with Crippen molar-refractivity contribution in [3.8, 4) is 0 Å². The number of aromatic nitrogens is 1. The second kappa shape index (κ2) is 5.22. The van der Waals surface area contributed by atoms with E-state index in [2.05, 4.69) is 4.98 Å². The summed E-state index contributed by atoms with van der Waals surface area (Å²) in [6.45, 7) is 4.05. The minimum absolute atomic E-state index is 0.0919. The molecule has 2 atom stereocenters. The molecule has 4 heteroatoms. The lowest BCUT2D eigenvalue weighted by Crippen LogP contribution is -2.37. The number of Topliss-reactive ketones (excluding diaryl/α,β-unsaturated/α-hetero) is 1. The summed E-state index contributed by atoms with van der Waals surface area (Å²) in [7, 11) is 0. The van der Waals surface area contributed by atoms with Crippen molar-refractivity contribution in [1.82, 2.24) is 4.98 Å². The molecular formula is C10H16N2OS. The maximum Gasteiger partial charge on any atom is 0.156 e. The fourth-order valence-corrected chi connectivity index (χ4v) is 1.80. The molecule has 0 spiro atoms. The van der Waals surface area contributed by atoms with Crippen LogP contribution in [-0.2, 0) is 11.2 Å². The molecule has 2 N–H and O–H groups in total. The van der Waals surface area contributed by atoms with Crippen LogP contribution in [0.2, 0.25) is 0 Å². The van der Waals surface area contributed by atoms with Crippen LogP contribution in [0.15, 0.2) is 11.6 Å². The smallest absolute Gasteiger partial charge is 0.156 e. The maximum atomic E-state index is 11.7. The lowest BCUT2D eigenvalue weighted by molar-refractivity contribution is -0.120. The predicted octanol–water partition coefficient (Wildman–Crippen LogP) is 1.63. The first-order valence-corrected chi connectivity index (χ1v) is 5.69. The molecule has 0 saturated carbocycles. The van der Waals surface area contributed by atoms with Crippen molar-refractivity contribution >= 4 is 17.1 Å². The van der Waals surface area contributed by atoms with Crippen LogP contribution in [0.3, 0.4) is 0 Å². The molecule has 3 nitrogen and oxygen atoms in total. The summed E-state index contributed by atoms with van der Waals surface area (Å²) in [4.78, 5) is 15.7. The van der Waals surface area contributed by atoms with E-state index in [0.717, 1.165) is 11.4 Å². The molecule has 2 unspecified atom stereocenters. The number of hydrogen-bond donors (Lipinski definition) is 1. The SMILES string of the molecule is CCC(C)C(N)C(=O)Cc1nccs1. The molecule has 1 heterocycles. The third kappa shape index (κ3) is 2.89. The second-order valence-corrected chi connectivity index (χ2v) is 4.46. The summed E-state index contributed by atoms with van der Waals surface area (Å²) < 4.78 is 0. The van der Waals surface area contributed by atoms with Gasteiger partial charge < -0.3 is 5.73 Å². The Bertz CT molecular complexity index is 284. The highest BCUT2D eigenvalue weighted by Crippen LogP contribution is 2.11. The number of hydrogen-bond acceptors (Lipinski definition) is 4. The molecule has 0 aromatic carbocycles. The van der Waals surface area contributed by atoms with Crippen LogP contribution in [0.4, 0.5) is 0 Å². The van der Waals surface area contributed by atoms with Gasteiger partial charge in [-0.15, -0.1) is 11.3 Å². The molecule has 0 aliphatic carbocycles.